The van der Waals surface area contributed by atoms with Gasteiger partial charge in [0, 0.05) is 0 Å². The predicted molar refractivity (Wildman–Crippen MR) is 89.5 cm³/mol. The molecule has 0 aliphatic rings. The normalized spacial score (nSPS) is 11.0. The lowest BCUT2D eigenvalue weighted by molar-refractivity contribution is 0.0601. The Morgan fingerprint density at radius 2 is 2.32 bits per heavy atom. The second-order valence-electron chi connectivity index (χ2n) is 4.51. The predicted octanol–water partition coefficient (Wildman–Crippen LogP) is 3.83. The van der Waals surface area contributed by atoms with E-state index in [2.05, 4.69) is 25.9 Å². The first kappa shape index (κ1) is 15.5. The average molecular weight is 401 g/mol. The third-order valence-electron chi connectivity index (χ3n) is 3.26. The molecule has 3 rings (SSSR count). The minimum absolute atomic E-state index is 0.290. The lowest BCUT2D eigenvalue weighted by Gasteiger charge is -2.07. The number of alkyl halides is 1. The van der Waals surface area contributed by atoms with Crippen molar-refractivity contribution in [2.24, 2.45) is 0 Å². The van der Waals surface area contributed by atoms with Gasteiger partial charge in [0.05, 0.1) is 46.5 Å². The van der Waals surface area contributed by atoms with Crippen LogP contribution < -0.4 is 0 Å². The van der Waals surface area contributed by atoms with Crippen LogP contribution in [0.4, 0.5) is 0 Å². The Kier molecular flexibility index (Phi) is 4.46. The Labute approximate surface area is 144 Å². The van der Waals surface area contributed by atoms with E-state index in [-0.39, 0.29) is 5.97 Å². The third-order valence-corrected chi connectivity index (χ3v) is 5.26. The van der Waals surface area contributed by atoms with Crippen molar-refractivity contribution in [1.82, 2.24) is 14.5 Å². The maximum Gasteiger partial charge on any atom is 0.337 e. The molecule has 2 aromatic heterocycles. The summed E-state index contributed by atoms with van der Waals surface area (Å²) in [6, 6.07) is 5.28. The molecule has 3 aromatic rings. The van der Waals surface area contributed by atoms with Gasteiger partial charge in [0.15, 0.2) is 0 Å². The summed E-state index contributed by atoms with van der Waals surface area (Å²) in [6.07, 6.45) is 0. The van der Waals surface area contributed by atoms with Gasteiger partial charge in [0.2, 0.25) is 0 Å². The number of benzene rings is 1. The summed E-state index contributed by atoms with van der Waals surface area (Å²) in [7, 11) is 1.36. The molecule has 0 atom stereocenters. The second-order valence-corrected chi connectivity index (χ2v) is 6.47. The fraction of sp³-hybridized carbons (Fsp3) is 0.214. The van der Waals surface area contributed by atoms with Crippen LogP contribution in [0.1, 0.15) is 21.1 Å². The summed E-state index contributed by atoms with van der Waals surface area (Å²) in [5.74, 6) is 0.665. The maximum absolute atomic E-state index is 11.7. The van der Waals surface area contributed by atoms with Crippen LogP contribution in [0.25, 0.3) is 11.0 Å². The largest absolute Gasteiger partial charge is 0.465 e. The number of methoxy groups -OCH3 is 1. The highest BCUT2D eigenvalue weighted by atomic mass is 79.9. The van der Waals surface area contributed by atoms with E-state index in [1.807, 2.05) is 4.57 Å². The van der Waals surface area contributed by atoms with Gasteiger partial charge in [0.1, 0.15) is 10.4 Å². The summed E-state index contributed by atoms with van der Waals surface area (Å²) in [4.78, 5) is 21.5. The Morgan fingerprint density at radius 1 is 1.50 bits per heavy atom. The fourth-order valence-electron chi connectivity index (χ4n) is 2.20. The molecule has 1 aromatic carbocycles. The summed E-state index contributed by atoms with van der Waals surface area (Å²) in [5, 5.41) is 0. The van der Waals surface area contributed by atoms with Gasteiger partial charge < -0.3 is 9.30 Å². The van der Waals surface area contributed by atoms with Crippen LogP contribution in [0, 0.1) is 0 Å². The first-order valence-corrected chi connectivity index (χ1v) is 8.56. The molecule has 0 N–H and O–H groups in total. The topological polar surface area (TPSA) is 57.0 Å². The highest BCUT2D eigenvalue weighted by Gasteiger charge is 2.15. The number of hydrogen-bond donors (Lipinski definition) is 0. The van der Waals surface area contributed by atoms with Gasteiger partial charge in [-0.3, -0.25) is 0 Å². The minimum atomic E-state index is -0.374. The summed E-state index contributed by atoms with van der Waals surface area (Å²) in [6.45, 7) is 0.592. The number of carbonyl (C=O) groups excluding carboxylic acids is 1. The molecule has 2 heterocycles. The van der Waals surface area contributed by atoms with Gasteiger partial charge in [0.25, 0.3) is 0 Å². The number of thiazole rings is 1. The molecule has 0 saturated heterocycles. The first-order chi connectivity index (χ1) is 10.6. The number of rotatable bonds is 4. The van der Waals surface area contributed by atoms with Gasteiger partial charge in [-0.1, -0.05) is 0 Å². The number of nitrogens with zero attached hydrogens (tertiary/aromatic N) is 3. The Balaban J connectivity index is 2.13. The number of esters is 1. The van der Waals surface area contributed by atoms with Crippen molar-refractivity contribution in [3.63, 3.8) is 0 Å². The monoisotopic (exact) mass is 399 g/mol. The molecule has 0 saturated carbocycles. The number of aromatic nitrogens is 3. The van der Waals surface area contributed by atoms with Crippen LogP contribution in [-0.2, 0) is 17.2 Å². The van der Waals surface area contributed by atoms with Gasteiger partial charge >= 0.3 is 5.97 Å². The van der Waals surface area contributed by atoms with Crippen molar-refractivity contribution in [3.8, 4) is 0 Å². The molecule has 0 unspecified atom stereocenters. The number of fused-ring (bicyclic) bond motifs is 1. The molecule has 8 heteroatoms. The molecule has 0 bridgehead atoms. The van der Waals surface area contributed by atoms with Crippen molar-refractivity contribution in [2.45, 2.75) is 12.4 Å². The Hall–Kier alpha value is -1.44. The minimum Gasteiger partial charge on any atom is -0.465 e. The molecule has 0 aliphatic carbocycles. The lowest BCUT2D eigenvalue weighted by atomic mass is 10.2. The summed E-state index contributed by atoms with van der Waals surface area (Å²) in [5.41, 5.74) is 3.90. The second kappa shape index (κ2) is 6.36. The van der Waals surface area contributed by atoms with Crippen LogP contribution in [0.15, 0.2) is 28.3 Å². The van der Waals surface area contributed by atoms with E-state index in [0.29, 0.717) is 18.0 Å². The third kappa shape index (κ3) is 2.76. The number of halogens is 2. The van der Waals surface area contributed by atoms with Crippen LogP contribution in [-0.4, -0.2) is 27.6 Å². The molecule has 114 valence electrons. The van der Waals surface area contributed by atoms with Crippen molar-refractivity contribution >= 4 is 55.9 Å². The zero-order chi connectivity index (χ0) is 15.7. The zero-order valence-electron chi connectivity index (χ0n) is 11.5. The average Bonchev–Trinajstić information content (AvgIpc) is 3.10. The molecule has 0 spiro atoms. The van der Waals surface area contributed by atoms with Gasteiger partial charge in [-0.2, -0.15) is 0 Å². The van der Waals surface area contributed by atoms with E-state index in [0.717, 1.165) is 26.3 Å². The van der Waals surface area contributed by atoms with Crippen molar-refractivity contribution in [3.05, 3.63) is 44.6 Å². The smallest absolute Gasteiger partial charge is 0.337 e. The van der Waals surface area contributed by atoms with Crippen LogP contribution in [0.3, 0.4) is 0 Å². The van der Waals surface area contributed by atoms with Crippen molar-refractivity contribution < 1.29 is 9.53 Å². The molecular formula is C14H11BrClN3O2S. The molecule has 22 heavy (non-hydrogen) atoms. The molecule has 5 nitrogen and oxygen atoms in total. The molecule has 0 aliphatic heterocycles. The SMILES string of the molecule is COC(=O)c1ccc2nc(CCl)n(Cc3scnc3Br)c2c1. The van der Waals surface area contributed by atoms with E-state index >= 15 is 0 Å². The van der Waals surface area contributed by atoms with Crippen molar-refractivity contribution in [1.29, 1.82) is 0 Å². The lowest BCUT2D eigenvalue weighted by Crippen LogP contribution is -2.05. The highest BCUT2D eigenvalue weighted by Crippen LogP contribution is 2.25. The van der Waals surface area contributed by atoms with E-state index in [1.165, 1.54) is 7.11 Å². The van der Waals surface area contributed by atoms with Gasteiger partial charge in [-0.25, -0.2) is 14.8 Å². The molecule has 0 amide bonds. The first-order valence-electron chi connectivity index (χ1n) is 6.35. The van der Waals surface area contributed by atoms with E-state index in [1.54, 1.807) is 35.0 Å². The van der Waals surface area contributed by atoms with E-state index in [4.69, 9.17) is 16.3 Å². The summed E-state index contributed by atoms with van der Waals surface area (Å²) >= 11 is 11.0. The number of carbonyl (C=O) groups is 1. The quantitative estimate of drug-likeness (QED) is 0.493. The van der Waals surface area contributed by atoms with Crippen LogP contribution in [0.2, 0.25) is 0 Å². The van der Waals surface area contributed by atoms with Gasteiger partial charge in [-0.05, 0) is 34.1 Å². The number of hydrogen-bond acceptors (Lipinski definition) is 5. The molecular weight excluding hydrogens is 390 g/mol. The van der Waals surface area contributed by atoms with E-state index in [9.17, 15) is 4.79 Å². The number of ether oxygens (including phenoxy) is 1. The number of imidazole rings is 1. The highest BCUT2D eigenvalue weighted by molar-refractivity contribution is 9.10. The molecule has 0 fully saturated rings. The van der Waals surface area contributed by atoms with Crippen LogP contribution >= 0.6 is 38.9 Å². The maximum atomic E-state index is 11.7. The zero-order valence-corrected chi connectivity index (χ0v) is 14.7. The molecule has 0 radical (unpaired) electrons. The fourth-order valence-corrected chi connectivity index (χ4v) is 3.69. The van der Waals surface area contributed by atoms with Crippen LogP contribution in [0.5, 0.6) is 0 Å². The standard InChI is InChI=1S/C14H11BrClN3O2S/c1-21-14(20)8-2-3-9-10(4-8)19(12(5-16)18-9)6-11-13(15)17-7-22-11/h2-4,7H,5-6H2,1H3. The van der Waals surface area contributed by atoms with Crippen molar-refractivity contribution in [2.75, 3.05) is 7.11 Å². The summed E-state index contributed by atoms with van der Waals surface area (Å²) < 4.78 is 7.58. The van der Waals surface area contributed by atoms with E-state index < -0.39 is 0 Å². The van der Waals surface area contributed by atoms with Gasteiger partial charge in [-0.15, -0.1) is 22.9 Å². The Morgan fingerprint density at radius 3 is 2.95 bits per heavy atom. The Bertz CT molecular complexity index is 846.